The van der Waals surface area contributed by atoms with E-state index in [2.05, 4.69) is 22.0 Å². The first kappa shape index (κ1) is 12.9. The van der Waals surface area contributed by atoms with Crippen LogP contribution in [0.5, 0.6) is 0 Å². The van der Waals surface area contributed by atoms with Crippen LogP contribution in [0, 0.1) is 17.2 Å². The molecule has 3 heteroatoms. The van der Waals surface area contributed by atoms with E-state index in [1.807, 2.05) is 38.1 Å². The molecular formula is C13H14BrNO. The number of carbonyl (C=O) groups is 1. The number of carbonyl (C=O) groups excluding carboxylic acids is 1. The Morgan fingerprint density at radius 3 is 2.38 bits per heavy atom. The van der Waals surface area contributed by atoms with Crippen molar-refractivity contribution in [1.82, 2.24) is 0 Å². The van der Waals surface area contributed by atoms with Crippen LogP contribution in [-0.4, -0.2) is 5.78 Å². The Balaban J connectivity index is 2.87. The van der Waals surface area contributed by atoms with Gasteiger partial charge in [0.2, 0.25) is 0 Å². The molecule has 84 valence electrons. The summed E-state index contributed by atoms with van der Waals surface area (Å²) < 4.78 is 0.948. The van der Waals surface area contributed by atoms with Crippen molar-refractivity contribution < 1.29 is 4.79 Å². The van der Waals surface area contributed by atoms with Gasteiger partial charge in [-0.25, -0.2) is 0 Å². The summed E-state index contributed by atoms with van der Waals surface area (Å²) in [7, 11) is 0. The topological polar surface area (TPSA) is 40.9 Å². The van der Waals surface area contributed by atoms with Crippen LogP contribution in [0.3, 0.4) is 0 Å². The molecule has 0 saturated heterocycles. The van der Waals surface area contributed by atoms with Gasteiger partial charge in [0, 0.05) is 10.9 Å². The molecule has 0 bridgehead atoms. The first-order chi connectivity index (χ1) is 7.54. The predicted molar refractivity (Wildman–Crippen MR) is 67.0 cm³/mol. The molecule has 1 rings (SSSR count). The van der Waals surface area contributed by atoms with Crippen molar-refractivity contribution in [2.24, 2.45) is 5.92 Å². The zero-order chi connectivity index (χ0) is 12.1. The van der Waals surface area contributed by atoms with Crippen molar-refractivity contribution in [2.45, 2.75) is 26.2 Å². The number of Topliss-reactive ketones (excluding diaryl/α,β-unsaturated/α-hetero) is 1. The largest absolute Gasteiger partial charge is 0.298 e. The van der Waals surface area contributed by atoms with Crippen molar-refractivity contribution in [2.75, 3.05) is 0 Å². The Kier molecular flexibility index (Phi) is 4.70. The highest BCUT2D eigenvalue weighted by Crippen LogP contribution is 2.21. The molecule has 0 spiro atoms. The molecule has 1 atom stereocenters. The number of ketones is 1. The van der Waals surface area contributed by atoms with Crippen LogP contribution in [0.15, 0.2) is 28.7 Å². The lowest BCUT2D eigenvalue weighted by Crippen LogP contribution is -2.13. The highest BCUT2D eigenvalue weighted by molar-refractivity contribution is 9.10. The van der Waals surface area contributed by atoms with E-state index in [0.29, 0.717) is 12.3 Å². The van der Waals surface area contributed by atoms with Gasteiger partial charge in [0.1, 0.15) is 5.92 Å². The van der Waals surface area contributed by atoms with Crippen LogP contribution in [0.2, 0.25) is 0 Å². The Labute approximate surface area is 104 Å². The van der Waals surface area contributed by atoms with Crippen molar-refractivity contribution in [3.63, 3.8) is 0 Å². The SMILES string of the molecule is CC(C)CC(=O)C(C#N)c1ccc(Br)cc1. The second kappa shape index (κ2) is 5.81. The minimum absolute atomic E-state index is 0.000164. The number of benzene rings is 1. The summed E-state index contributed by atoms with van der Waals surface area (Å²) in [5, 5.41) is 9.05. The monoisotopic (exact) mass is 279 g/mol. The second-order valence-electron chi connectivity index (χ2n) is 4.18. The van der Waals surface area contributed by atoms with Crippen LogP contribution in [0.25, 0.3) is 0 Å². The van der Waals surface area contributed by atoms with Crippen LogP contribution in [0.4, 0.5) is 0 Å². The normalized spacial score (nSPS) is 12.2. The van der Waals surface area contributed by atoms with Gasteiger partial charge in [-0.3, -0.25) is 4.79 Å². The molecule has 0 heterocycles. The van der Waals surface area contributed by atoms with Crippen LogP contribution in [-0.2, 0) is 4.79 Å². The van der Waals surface area contributed by atoms with Gasteiger partial charge in [0.15, 0.2) is 5.78 Å². The van der Waals surface area contributed by atoms with E-state index in [0.717, 1.165) is 10.0 Å². The van der Waals surface area contributed by atoms with Gasteiger partial charge in [-0.15, -0.1) is 0 Å². The van der Waals surface area contributed by atoms with E-state index in [9.17, 15) is 4.79 Å². The Morgan fingerprint density at radius 1 is 1.38 bits per heavy atom. The summed E-state index contributed by atoms with van der Waals surface area (Å²) in [5.41, 5.74) is 0.774. The minimum Gasteiger partial charge on any atom is -0.298 e. The molecule has 0 radical (unpaired) electrons. The third-order valence-corrected chi connectivity index (χ3v) is 2.79. The molecule has 1 unspecified atom stereocenters. The Bertz CT molecular complexity index is 403. The molecular weight excluding hydrogens is 266 g/mol. The smallest absolute Gasteiger partial charge is 0.154 e. The highest BCUT2D eigenvalue weighted by atomic mass is 79.9. The molecule has 2 nitrogen and oxygen atoms in total. The van der Waals surface area contributed by atoms with E-state index in [4.69, 9.17) is 5.26 Å². The fourth-order valence-corrected chi connectivity index (χ4v) is 1.77. The number of rotatable bonds is 4. The van der Waals surface area contributed by atoms with Crippen LogP contribution in [0.1, 0.15) is 31.7 Å². The minimum atomic E-state index is -0.629. The highest BCUT2D eigenvalue weighted by Gasteiger charge is 2.20. The molecule has 0 aromatic heterocycles. The summed E-state index contributed by atoms with van der Waals surface area (Å²) in [4.78, 5) is 11.8. The molecule has 0 saturated carbocycles. The fraction of sp³-hybridized carbons (Fsp3) is 0.385. The number of hydrogen-bond donors (Lipinski definition) is 0. The summed E-state index contributed by atoms with van der Waals surface area (Å²) in [6.45, 7) is 3.96. The number of nitrogens with zero attached hydrogens (tertiary/aromatic N) is 1. The van der Waals surface area contributed by atoms with Crippen molar-refractivity contribution in [3.8, 4) is 6.07 Å². The first-order valence-corrected chi connectivity index (χ1v) is 6.01. The number of hydrogen-bond acceptors (Lipinski definition) is 2. The lowest BCUT2D eigenvalue weighted by atomic mass is 9.91. The first-order valence-electron chi connectivity index (χ1n) is 5.22. The zero-order valence-electron chi connectivity index (χ0n) is 9.40. The number of halogens is 1. The van der Waals surface area contributed by atoms with E-state index in [1.54, 1.807) is 0 Å². The molecule has 0 aliphatic rings. The molecule has 0 fully saturated rings. The van der Waals surface area contributed by atoms with Gasteiger partial charge in [0.05, 0.1) is 6.07 Å². The van der Waals surface area contributed by atoms with Gasteiger partial charge in [-0.05, 0) is 23.6 Å². The average molecular weight is 280 g/mol. The fourth-order valence-electron chi connectivity index (χ4n) is 1.51. The molecule has 0 aliphatic heterocycles. The van der Waals surface area contributed by atoms with Crippen LogP contribution >= 0.6 is 15.9 Å². The third-order valence-electron chi connectivity index (χ3n) is 2.26. The van der Waals surface area contributed by atoms with Gasteiger partial charge in [-0.1, -0.05) is 41.9 Å². The molecule has 1 aromatic rings. The molecule has 16 heavy (non-hydrogen) atoms. The van der Waals surface area contributed by atoms with Gasteiger partial charge >= 0.3 is 0 Å². The quantitative estimate of drug-likeness (QED) is 0.844. The van der Waals surface area contributed by atoms with Crippen molar-refractivity contribution in [1.29, 1.82) is 5.26 Å². The number of nitriles is 1. The zero-order valence-corrected chi connectivity index (χ0v) is 11.0. The van der Waals surface area contributed by atoms with Gasteiger partial charge in [-0.2, -0.15) is 5.26 Å². The van der Waals surface area contributed by atoms with E-state index in [1.165, 1.54) is 0 Å². The van der Waals surface area contributed by atoms with Crippen molar-refractivity contribution >= 4 is 21.7 Å². The maximum atomic E-state index is 11.8. The molecule has 1 aromatic carbocycles. The average Bonchev–Trinajstić information content (AvgIpc) is 2.21. The van der Waals surface area contributed by atoms with E-state index >= 15 is 0 Å². The molecule has 0 N–H and O–H groups in total. The Hall–Kier alpha value is -1.14. The molecule has 0 amide bonds. The summed E-state index contributed by atoms with van der Waals surface area (Å²) in [5.74, 6) is -0.339. The molecule has 0 aliphatic carbocycles. The maximum Gasteiger partial charge on any atom is 0.154 e. The summed E-state index contributed by atoms with van der Waals surface area (Å²) in [6, 6.07) is 9.41. The Morgan fingerprint density at radius 2 is 1.94 bits per heavy atom. The third kappa shape index (κ3) is 3.46. The maximum absolute atomic E-state index is 11.8. The van der Waals surface area contributed by atoms with Gasteiger partial charge < -0.3 is 0 Å². The standard InChI is InChI=1S/C13H14BrNO/c1-9(2)7-13(16)12(8-15)10-3-5-11(14)6-4-10/h3-6,9,12H,7H2,1-2H3. The summed E-state index contributed by atoms with van der Waals surface area (Å²) in [6.07, 6.45) is 0.453. The summed E-state index contributed by atoms with van der Waals surface area (Å²) >= 11 is 3.33. The lowest BCUT2D eigenvalue weighted by molar-refractivity contribution is -0.120. The van der Waals surface area contributed by atoms with Crippen molar-refractivity contribution in [3.05, 3.63) is 34.3 Å². The second-order valence-corrected chi connectivity index (χ2v) is 5.09. The van der Waals surface area contributed by atoms with E-state index in [-0.39, 0.29) is 5.78 Å². The van der Waals surface area contributed by atoms with Gasteiger partial charge in [0.25, 0.3) is 0 Å². The predicted octanol–water partition coefficient (Wildman–Crippen LogP) is 3.67. The lowest BCUT2D eigenvalue weighted by Gasteiger charge is -2.10. The van der Waals surface area contributed by atoms with E-state index < -0.39 is 5.92 Å². The van der Waals surface area contributed by atoms with Crippen LogP contribution < -0.4 is 0 Å².